The number of ether oxygens (including phenoxy) is 2. The number of amides is 1. The Morgan fingerprint density at radius 3 is 2.89 bits per heavy atom. The summed E-state index contributed by atoms with van der Waals surface area (Å²) < 4.78 is 11.0. The van der Waals surface area contributed by atoms with Crippen LogP contribution in [0.4, 0.5) is 0 Å². The number of aromatic nitrogens is 3. The summed E-state index contributed by atoms with van der Waals surface area (Å²) in [5, 5.41) is 18.2. The highest BCUT2D eigenvalue weighted by molar-refractivity contribution is 5.91. The van der Waals surface area contributed by atoms with Gasteiger partial charge in [-0.2, -0.15) is 0 Å². The monoisotopic (exact) mass is 272 g/mol. The Morgan fingerprint density at radius 1 is 1.42 bits per heavy atom. The molecule has 1 amide bonds. The first-order chi connectivity index (χ1) is 9.13. The minimum Gasteiger partial charge on any atom is -0.480 e. The number of methoxy groups -OCH3 is 1. The second-order valence-electron chi connectivity index (χ2n) is 3.56. The maximum absolute atomic E-state index is 11.6. The van der Waals surface area contributed by atoms with Gasteiger partial charge in [0.15, 0.2) is 5.69 Å². The molecule has 1 heterocycles. The lowest BCUT2D eigenvalue weighted by molar-refractivity contribution is -0.137. The van der Waals surface area contributed by atoms with E-state index in [2.05, 4.69) is 15.6 Å². The van der Waals surface area contributed by atoms with Gasteiger partial charge in [0.2, 0.25) is 0 Å². The predicted octanol–water partition coefficient (Wildman–Crippen LogP) is -1.24. The third-order valence-electron chi connectivity index (χ3n) is 2.03. The zero-order chi connectivity index (χ0) is 14.1. The lowest BCUT2D eigenvalue weighted by Crippen LogP contribution is -2.28. The molecule has 0 aliphatic heterocycles. The van der Waals surface area contributed by atoms with E-state index in [1.165, 1.54) is 6.20 Å². The Kier molecular flexibility index (Phi) is 6.47. The molecule has 2 N–H and O–H groups in total. The molecule has 0 spiro atoms. The molecule has 0 aliphatic rings. The fourth-order valence-corrected chi connectivity index (χ4v) is 1.19. The standard InChI is InChI=1S/C10H16N4O5/c1-18-4-5-19-3-2-11-10(17)8-6-14(13-12-8)7-9(15)16/h6H,2-5,7H2,1H3,(H,11,17)(H,15,16). The summed E-state index contributed by atoms with van der Waals surface area (Å²) in [6.45, 7) is 1.31. The average molecular weight is 272 g/mol. The van der Waals surface area contributed by atoms with Crippen LogP contribution in [0.25, 0.3) is 0 Å². The summed E-state index contributed by atoms with van der Waals surface area (Å²) in [6.07, 6.45) is 1.27. The van der Waals surface area contributed by atoms with Gasteiger partial charge in [-0.25, -0.2) is 4.68 Å². The van der Waals surface area contributed by atoms with Crippen molar-refractivity contribution in [3.8, 4) is 0 Å². The minimum absolute atomic E-state index is 0.0677. The Labute approximate surface area is 109 Å². The Morgan fingerprint density at radius 2 is 2.21 bits per heavy atom. The molecule has 106 valence electrons. The molecule has 0 saturated carbocycles. The summed E-state index contributed by atoms with van der Waals surface area (Å²) in [6, 6.07) is 0. The minimum atomic E-state index is -1.05. The topological polar surface area (TPSA) is 116 Å². The van der Waals surface area contributed by atoms with E-state index in [0.29, 0.717) is 26.4 Å². The Balaban J connectivity index is 2.25. The summed E-state index contributed by atoms with van der Waals surface area (Å²) in [4.78, 5) is 22.0. The lowest BCUT2D eigenvalue weighted by Gasteiger charge is -2.04. The van der Waals surface area contributed by atoms with E-state index < -0.39 is 11.9 Å². The molecule has 0 bridgehead atoms. The first kappa shape index (κ1) is 15.1. The summed E-state index contributed by atoms with van der Waals surface area (Å²) in [7, 11) is 1.57. The van der Waals surface area contributed by atoms with Crippen molar-refractivity contribution in [2.24, 2.45) is 0 Å². The second kappa shape index (κ2) is 8.16. The average Bonchev–Trinajstić information content (AvgIpc) is 2.81. The van der Waals surface area contributed by atoms with Gasteiger partial charge in [0.25, 0.3) is 5.91 Å². The number of carboxylic acid groups (broad SMARTS) is 1. The highest BCUT2D eigenvalue weighted by Gasteiger charge is 2.11. The molecule has 1 aromatic rings. The number of carboxylic acids is 1. The summed E-state index contributed by atoms with van der Waals surface area (Å²) in [5.74, 6) is -1.48. The summed E-state index contributed by atoms with van der Waals surface area (Å²) in [5.41, 5.74) is 0.0677. The SMILES string of the molecule is COCCOCCNC(=O)c1cn(CC(=O)O)nn1. The molecule has 19 heavy (non-hydrogen) atoms. The molecular formula is C10H16N4O5. The van der Waals surface area contributed by atoms with Crippen LogP contribution in [-0.2, 0) is 20.8 Å². The van der Waals surface area contributed by atoms with Gasteiger partial charge >= 0.3 is 5.97 Å². The van der Waals surface area contributed by atoms with Crippen LogP contribution in [0.3, 0.4) is 0 Å². The normalized spacial score (nSPS) is 10.4. The zero-order valence-electron chi connectivity index (χ0n) is 10.5. The maximum atomic E-state index is 11.6. The maximum Gasteiger partial charge on any atom is 0.325 e. The number of aliphatic carboxylic acids is 1. The van der Waals surface area contributed by atoms with Crippen LogP contribution < -0.4 is 5.32 Å². The third kappa shape index (κ3) is 5.93. The molecule has 0 aliphatic carbocycles. The van der Waals surface area contributed by atoms with Crippen molar-refractivity contribution in [2.75, 3.05) is 33.5 Å². The van der Waals surface area contributed by atoms with Crippen LogP contribution >= 0.6 is 0 Å². The number of hydrogen-bond donors (Lipinski definition) is 2. The van der Waals surface area contributed by atoms with Gasteiger partial charge in [-0.15, -0.1) is 5.10 Å². The first-order valence-corrected chi connectivity index (χ1v) is 5.60. The molecule has 0 saturated heterocycles. The molecule has 0 radical (unpaired) electrons. The molecule has 1 rings (SSSR count). The van der Waals surface area contributed by atoms with Crippen molar-refractivity contribution in [2.45, 2.75) is 6.54 Å². The fraction of sp³-hybridized carbons (Fsp3) is 0.600. The van der Waals surface area contributed by atoms with Gasteiger partial charge in [-0.1, -0.05) is 5.21 Å². The molecule has 1 aromatic heterocycles. The first-order valence-electron chi connectivity index (χ1n) is 5.60. The van der Waals surface area contributed by atoms with Crippen molar-refractivity contribution < 1.29 is 24.2 Å². The number of hydrogen-bond acceptors (Lipinski definition) is 6. The molecular weight excluding hydrogens is 256 g/mol. The number of carbonyl (C=O) groups excluding carboxylic acids is 1. The smallest absolute Gasteiger partial charge is 0.325 e. The fourth-order valence-electron chi connectivity index (χ4n) is 1.19. The molecule has 9 heteroatoms. The van der Waals surface area contributed by atoms with Crippen molar-refractivity contribution >= 4 is 11.9 Å². The van der Waals surface area contributed by atoms with Gasteiger partial charge in [0, 0.05) is 13.7 Å². The van der Waals surface area contributed by atoms with E-state index in [9.17, 15) is 9.59 Å². The highest BCUT2D eigenvalue weighted by atomic mass is 16.5. The van der Waals surface area contributed by atoms with Gasteiger partial charge in [-0.05, 0) is 0 Å². The van der Waals surface area contributed by atoms with Crippen LogP contribution in [0.5, 0.6) is 0 Å². The van der Waals surface area contributed by atoms with Crippen LogP contribution in [-0.4, -0.2) is 65.5 Å². The van der Waals surface area contributed by atoms with Crippen molar-refractivity contribution in [3.05, 3.63) is 11.9 Å². The van der Waals surface area contributed by atoms with E-state index in [1.54, 1.807) is 7.11 Å². The Hall–Kier alpha value is -2.00. The molecule has 0 aromatic carbocycles. The summed E-state index contributed by atoms with van der Waals surface area (Å²) >= 11 is 0. The Bertz CT molecular complexity index is 420. The highest BCUT2D eigenvalue weighted by Crippen LogP contribution is 1.93. The van der Waals surface area contributed by atoms with E-state index >= 15 is 0 Å². The number of carbonyl (C=O) groups is 2. The van der Waals surface area contributed by atoms with Crippen LogP contribution in [0, 0.1) is 0 Å². The zero-order valence-corrected chi connectivity index (χ0v) is 10.5. The number of nitrogens with one attached hydrogen (secondary N) is 1. The van der Waals surface area contributed by atoms with E-state index in [4.69, 9.17) is 14.6 Å². The largest absolute Gasteiger partial charge is 0.480 e. The molecule has 0 atom stereocenters. The van der Waals surface area contributed by atoms with E-state index in [-0.39, 0.29) is 12.2 Å². The van der Waals surface area contributed by atoms with Gasteiger partial charge < -0.3 is 19.9 Å². The molecule has 0 unspecified atom stereocenters. The quantitative estimate of drug-likeness (QED) is 0.540. The van der Waals surface area contributed by atoms with Gasteiger partial charge in [0.1, 0.15) is 6.54 Å². The number of nitrogens with zero attached hydrogens (tertiary/aromatic N) is 3. The van der Waals surface area contributed by atoms with Crippen molar-refractivity contribution in [1.82, 2.24) is 20.3 Å². The van der Waals surface area contributed by atoms with Gasteiger partial charge in [0.05, 0.1) is 26.0 Å². The van der Waals surface area contributed by atoms with E-state index in [1.807, 2.05) is 0 Å². The second-order valence-corrected chi connectivity index (χ2v) is 3.56. The third-order valence-corrected chi connectivity index (χ3v) is 2.03. The van der Waals surface area contributed by atoms with Crippen LogP contribution in [0.15, 0.2) is 6.20 Å². The molecule has 9 nitrogen and oxygen atoms in total. The lowest BCUT2D eigenvalue weighted by atomic mass is 10.4. The molecule has 0 fully saturated rings. The van der Waals surface area contributed by atoms with E-state index in [0.717, 1.165) is 4.68 Å². The van der Waals surface area contributed by atoms with Crippen molar-refractivity contribution in [1.29, 1.82) is 0 Å². The predicted molar refractivity (Wildman–Crippen MR) is 62.7 cm³/mol. The van der Waals surface area contributed by atoms with Gasteiger partial charge in [-0.3, -0.25) is 9.59 Å². The van der Waals surface area contributed by atoms with Crippen LogP contribution in [0.2, 0.25) is 0 Å². The van der Waals surface area contributed by atoms with Crippen molar-refractivity contribution in [3.63, 3.8) is 0 Å². The van der Waals surface area contributed by atoms with Crippen LogP contribution in [0.1, 0.15) is 10.5 Å². The number of rotatable bonds is 9.